The van der Waals surface area contributed by atoms with Gasteiger partial charge >= 0.3 is 29.9 Å². The van der Waals surface area contributed by atoms with Crippen LogP contribution < -0.4 is 10.6 Å². The van der Waals surface area contributed by atoms with Gasteiger partial charge < -0.3 is 30.7 Å². The molecule has 1 rings (SSSR count). The van der Waals surface area contributed by atoms with Gasteiger partial charge in [-0.05, 0) is 67.8 Å². The Kier molecular flexibility index (Phi) is 13.0. The summed E-state index contributed by atoms with van der Waals surface area (Å²) in [7, 11) is 0. The monoisotopic (exact) mass is 936 g/mol. The summed E-state index contributed by atoms with van der Waals surface area (Å²) >= 11 is 4.58. The van der Waals surface area contributed by atoms with Crippen LogP contribution in [0.1, 0.15) is 27.1 Å². The summed E-state index contributed by atoms with van der Waals surface area (Å²) < 4.78 is 120. The molecular formula is C19H16F9I3N2O7. The highest BCUT2D eigenvalue weighted by molar-refractivity contribution is 14.1. The number of halogens is 12. The van der Waals surface area contributed by atoms with Crippen LogP contribution in [-0.2, 0) is 9.53 Å². The number of rotatable bonds is 13. The van der Waals surface area contributed by atoms with Gasteiger partial charge in [0, 0.05) is 16.5 Å². The first-order chi connectivity index (χ1) is 18.0. The molecule has 5 N–H and O–H groups in total. The standard InChI is InChI=1S/C19H16F9I3N2O7/c20-16(21,17(22,23)18(24,25)19(26,27)28)1-2-40-5-7(36)33-13-11(30)8(14(37)32-3-6(35)4-34)10(29)9(12(13)31)15(38)39/h6,34-35H,1-5H2,(H,32,37)(H,33,36)(H,38,39). The van der Waals surface area contributed by atoms with Crippen molar-refractivity contribution in [2.45, 2.75) is 36.5 Å². The van der Waals surface area contributed by atoms with Gasteiger partial charge in [0.1, 0.15) is 6.61 Å². The van der Waals surface area contributed by atoms with Gasteiger partial charge in [-0.25, -0.2) is 4.79 Å². The Bertz CT molecular complexity index is 1140. The number of hydrogen-bond donors (Lipinski definition) is 5. The van der Waals surface area contributed by atoms with Crippen LogP contribution in [0, 0.1) is 10.7 Å². The second-order valence-electron chi connectivity index (χ2n) is 7.62. The number of anilines is 1. The molecule has 0 aliphatic heterocycles. The minimum atomic E-state index is -7.07. The quantitative estimate of drug-likeness (QED) is 0.114. The van der Waals surface area contributed by atoms with E-state index in [1.807, 2.05) is 0 Å². The van der Waals surface area contributed by atoms with Crippen molar-refractivity contribution in [1.82, 2.24) is 5.32 Å². The summed E-state index contributed by atoms with van der Waals surface area (Å²) in [4.78, 5) is 36.7. The van der Waals surface area contributed by atoms with Crippen molar-refractivity contribution in [2.75, 3.05) is 31.7 Å². The normalized spacial score (nSPS) is 13.7. The van der Waals surface area contributed by atoms with Crippen molar-refractivity contribution in [3.8, 4) is 0 Å². The molecule has 1 aromatic carbocycles. The lowest BCUT2D eigenvalue weighted by atomic mass is 10.0. The minimum absolute atomic E-state index is 0.0544. The van der Waals surface area contributed by atoms with Gasteiger partial charge in [0.2, 0.25) is 5.91 Å². The van der Waals surface area contributed by atoms with Crippen LogP contribution in [0.15, 0.2) is 0 Å². The Balaban J connectivity index is 3.09. The molecule has 0 aromatic heterocycles. The first kappa shape index (κ1) is 37.1. The molecule has 1 aromatic rings. The highest BCUT2D eigenvalue weighted by Crippen LogP contribution is 2.54. The summed E-state index contributed by atoms with van der Waals surface area (Å²) in [6.45, 7) is -3.94. The predicted octanol–water partition coefficient (Wildman–Crippen LogP) is 4.10. The minimum Gasteiger partial charge on any atom is -0.478 e. The Hall–Kier alpha value is -0.930. The van der Waals surface area contributed by atoms with Gasteiger partial charge in [-0.2, -0.15) is 39.5 Å². The maximum atomic E-state index is 13.6. The molecule has 40 heavy (non-hydrogen) atoms. The largest absolute Gasteiger partial charge is 0.478 e. The van der Waals surface area contributed by atoms with Gasteiger partial charge in [-0.3, -0.25) is 9.59 Å². The van der Waals surface area contributed by atoms with Crippen molar-refractivity contribution in [2.24, 2.45) is 0 Å². The van der Waals surface area contributed by atoms with Crippen LogP contribution in [0.3, 0.4) is 0 Å². The lowest BCUT2D eigenvalue weighted by molar-refractivity contribution is -0.397. The zero-order chi connectivity index (χ0) is 31.4. The number of alkyl halides is 9. The average Bonchev–Trinajstić information content (AvgIpc) is 2.81. The maximum absolute atomic E-state index is 13.6. The third-order valence-electron chi connectivity index (χ3n) is 4.73. The number of carboxylic acids is 1. The van der Waals surface area contributed by atoms with E-state index in [2.05, 4.69) is 15.4 Å². The molecule has 0 bridgehead atoms. The van der Waals surface area contributed by atoms with Gasteiger partial charge in [0.25, 0.3) is 5.91 Å². The Morgan fingerprint density at radius 2 is 1.40 bits per heavy atom. The average molecular weight is 936 g/mol. The number of hydrogen-bond acceptors (Lipinski definition) is 6. The zero-order valence-electron chi connectivity index (χ0n) is 19.1. The number of benzene rings is 1. The Morgan fingerprint density at radius 1 is 0.875 bits per heavy atom. The third kappa shape index (κ3) is 8.12. The number of nitrogens with one attached hydrogen (secondary N) is 2. The lowest BCUT2D eigenvalue weighted by Crippen LogP contribution is -2.61. The predicted molar refractivity (Wildman–Crippen MR) is 142 cm³/mol. The number of aromatic carboxylic acids is 1. The molecule has 0 heterocycles. The zero-order valence-corrected chi connectivity index (χ0v) is 25.6. The SMILES string of the molecule is O=C(COCCC(F)(F)C(F)(F)C(F)(F)C(F)(F)F)Nc1c(I)c(C(=O)O)c(I)c(C(=O)NCC(O)CO)c1I. The first-order valence-corrected chi connectivity index (χ1v) is 13.4. The molecule has 0 fully saturated rings. The lowest BCUT2D eigenvalue weighted by Gasteiger charge is -2.33. The van der Waals surface area contributed by atoms with Crippen molar-refractivity contribution >= 4 is 91.2 Å². The molecule has 21 heteroatoms. The van der Waals surface area contributed by atoms with E-state index in [4.69, 9.17) is 5.11 Å². The summed E-state index contributed by atoms with van der Waals surface area (Å²) in [5.74, 6) is -23.5. The molecule has 0 aliphatic carbocycles. The number of carbonyl (C=O) groups is 3. The van der Waals surface area contributed by atoms with E-state index < -0.39 is 86.2 Å². The van der Waals surface area contributed by atoms with Crippen LogP contribution in [0.2, 0.25) is 0 Å². The highest BCUT2D eigenvalue weighted by atomic mass is 127. The smallest absolute Gasteiger partial charge is 0.460 e. The summed E-state index contributed by atoms with van der Waals surface area (Å²) in [5, 5.41) is 32.2. The highest BCUT2D eigenvalue weighted by Gasteiger charge is 2.81. The molecule has 1 unspecified atom stereocenters. The molecule has 0 aliphatic rings. The summed E-state index contributed by atoms with van der Waals surface area (Å²) in [6, 6.07) is 0. The third-order valence-corrected chi connectivity index (χ3v) is 7.97. The number of aliphatic hydroxyl groups excluding tert-OH is 2. The number of amides is 2. The second kappa shape index (κ2) is 14.0. The van der Waals surface area contributed by atoms with Crippen LogP contribution in [0.4, 0.5) is 45.2 Å². The van der Waals surface area contributed by atoms with E-state index in [1.165, 1.54) is 45.2 Å². The summed E-state index contributed by atoms with van der Waals surface area (Å²) in [6.07, 6.45) is -10.7. The van der Waals surface area contributed by atoms with Crippen molar-refractivity contribution in [3.05, 3.63) is 21.8 Å². The van der Waals surface area contributed by atoms with E-state index in [-0.39, 0.29) is 22.0 Å². The molecule has 0 saturated heterocycles. The van der Waals surface area contributed by atoms with Gasteiger partial charge in [-0.15, -0.1) is 0 Å². The fraction of sp³-hybridized carbons (Fsp3) is 0.526. The van der Waals surface area contributed by atoms with E-state index in [9.17, 15) is 64.1 Å². The van der Waals surface area contributed by atoms with E-state index in [1.54, 1.807) is 22.6 Å². The molecular weight excluding hydrogens is 920 g/mol. The molecule has 1 atom stereocenters. The van der Waals surface area contributed by atoms with Crippen molar-refractivity contribution in [3.63, 3.8) is 0 Å². The number of carboxylic acid groups (broad SMARTS) is 1. The van der Waals surface area contributed by atoms with E-state index >= 15 is 0 Å². The molecule has 9 nitrogen and oxygen atoms in total. The molecule has 0 saturated carbocycles. The molecule has 228 valence electrons. The van der Waals surface area contributed by atoms with E-state index in [0.29, 0.717) is 0 Å². The van der Waals surface area contributed by atoms with E-state index in [0.717, 1.165) is 0 Å². The van der Waals surface area contributed by atoms with Crippen LogP contribution >= 0.6 is 67.8 Å². The number of ether oxygens (including phenoxy) is 1. The molecule has 2 amide bonds. The van der Waals surface area contributed by atoms with Crippen LogP contribution in [0.5, 0.6) is 0 Å². The molecule has 0 radical (unpaired) electrons. The maximum Gasteiger partial charge on any atom is 0.460 e. The molecule has 0 spiro atoms. The van der Waals surface area contributed by atoms with Crippen molar-refractivity contribution in [1.29, 1.82) is 0 Å². The van der Waals surface area contributed by atoms with Gasteiger partial charge in [0.05, 0.1) is 43.3 Å². The van der Waals surface area contributed by atoms with Gasteiger partial charge in [0.15, 0.2) is 0 Å². The fourth-order valence-electron chi connectivity index (χ4n) is 2.63. The fourth-order valence-corrected chi connectivity index (χ4v) is 7.02. The first-order valence-electron chi connectivity index (χ1n) is 10.1. The number of carbonyl (C=O) groups excluding carboxylic acids is 2. The van der Waals surface area contributed by atoms with Crippen LogP contribution in [0.25, 0.3) is 0 Å². The summed E-state index contributed by atoms with van der Waals surface area (Å²) in [5.41, 5.74) is -1.03. The van der Waals surface area contributed by atoms with Crippen LogP contribution in [-0.4, -0.2) is 89.5 Å². The number of aliphatic hydroxyl groups is 2. The van der Waals surface area contributed by atoms with Gasteiger partial charge in [-0.1, -0.05) is 0 Å². The Morgan fingerprint density at radius 3 is 1.88 bits per heavy atom. The van der Waals surface area contributed by atoms with Crippen molar-refractivity contribution < 1.29 is 74.0 Å². The topological polar surface area (TPSA) is 145 Å². The second-order valence-corrected chi connectivity index (χ2v) is 10.9. The Labute approximate surface area is 259 Å².